The second kappa shape index (κ2) is 24.7. The van der Waals surface area contributed by atoms with E-state index in [1.165, 1.54) is 27.5 Å². The predicted molar refractivity (Wildman–Crippen MR) is 128 cm³/mol. The molecule has 4 unspecified atom stereocenters. The summed E-state index contributed by atoms with van der Waals surface area (Å²) in [7, 11) is -7.14. The molecule has 0 N–H and O–H groups in total. The van der Waals surface area contributed by atoms with Gasteiger partial charge in [0.25, 0.3) is 0 Å². The lowest BCUT2D eigenvalue weighted by Crippen LogP contribution is -1.98. The summed E-state index contributed by atoms with van der Waals surface area (Å²) in [6.45, 7) is 9.87. The van der Waals surface area contributed by atoms with Crippen molar-refractivity contribution in [1.82, 2.24) is 0 Å². The van der Waals surface area contributed by atoms with Gasteiger partial charge in [0.05, 0.1) is 13.2 Å². The maximum Gasteiger partial charge on any atom is 0.327 e. The third-order valence-corrected chi connectivity index (χ3v) is 6.34. The predicted octanol–water partition coefficient (Wildman–Crippen LogP) is 4.67. The fourth-order valence-electron chi connectivity index (χ4n) is 0.620. The molecule has 0 aliphatic rings. The van der Waals surface area contributed by atoms with E-state index in [9.17, 15) is 28.0 Å². The third kappa shape index (κ3) is 52.5. The van der Waals surface area contributed by atoms with Crippen molar-refractivity contribution in [2.24, 2.45) is 0 Å². The number of rotatable bonds is 10. The molecule has 0 aliphatic carbocycles. The molecule has 0 saturated heterocycles. The minimum atomic E-state index is -3.40. The second-order valence-corrected chi connectivity index (χ2v) is 13.6. The first kappa shape index (κ1) is 46.0. The van der Waals surface area contributed by atoms with Gasteiger partial charge in [0, 0.05) is 55.1 Å². The Labute approximate surface area is 195 Å². The van der Waals surface area contributed by atoms with Crippen LogP contribution in [0, 0.1) is 0 Å². The standard InChI is InChI=1S/2C5H13O3P.2C2H7O3P.2CH4/c2*1-4-5-8-9(3,6)7-2;2*1-5-6(2,3)4;;/h2*4-5H2,1-3H3;2*1-2H3,(H,3,4);2*1H4/p-2. The average molecular weight is 554 g/mol. The quantitative estimate of drug-likeness (QED) is 0.343. The van der Waals surface area contributed by atoms with Gasteiger partial charge in [-0.1, -0.05) is 28.7 Å². The molecule has 0 aromatic carbocycles. The van der Waals surface area contributed by atoms with E-state index in [4.69, 9.17) is 9.05 Å². The molecule has 0 heterocycles. The van der Waals surface area contributed by atoms with Crippen molar-refractivity contribution in [1.29, 1.82) is 0 Å². The van der Waals surface area contributed by atoms with Crippen molar-refractivity contribution in [3.05, 3.63) is 0 Å². The molecule has 16 heteroatoms. The molecule has 0 aromatic rings. The van der Waals surface area contributed by atoms with Gasteiger partial charge in [-0.3, -0.25) is 9.13 Å². The molecule has 0 spiro atoms. The third-order valence-electron chi connectivity index (χ3n) is 2.39. The normalized spacial score (nSPS) is 17.1. The Morgan fingerprint density at radius 3 is 0.844 bits per heavy atom. The highest BCUT2D eigenvalue weighted by atomic mass is 31.2. The first-order chi connectivity index (χ1) is 13.4. The van der Waals surface area contributed by atoms with Crippen LogP contribution in [-0.2, 0) is 45.4 Å². The van der Waals surface area contributed by atoms with Gasteiger partial charge >= 0.3 is 15.2 Å². The zero-order valence-electron chi connectivity index (χ0n) is 19.5. The minimum absolute atomic E-state index is 0. The molecule has 12 nitrogen and oxygen atoms in total. The minimum Gasteiger partial charge on any atom is -0.779 e. The monoisotopic (exact) mass is 554 g/mol. The molecule has 0 radical (unpaired) electrons. The van der Waals surface area contributed by atoms with Crippen LogP contribution in [0.15, 0.2) is 0 Å². The van der Waals surface area contributed by atoms with Crippen LogP contribution < -0.4 is 9.79 Å². The molecule has 0 rings (SSSR count). The van der Waals surface area contributed by atoms with Gasteiger partial charge < -0.3 is 46.1 Å². The molecular formula is C16H46O12P4-2. The van der Waals surface area contributed by atoms with E-state index in [0.717, 1.165) is 40.4 Å². The Morgan fingerprint density at radius 2 is 0.750 bits per heavy atom. The molecule has 0 fully saturated rings. The summed E-state index contributed by atoms with van der Waals surface area (Å²) in [6, 6.07) is 0. The summed E-state index contributed by atoms with van der Waals surface area (Å²) in [6.07, 6.45) is 1.72. The second-order valence-electron chi connectivity index (χ2n) is 5.48. The van der Waals surface area contributed by atoms with Gasteiger partial charge in [0.1, 0.15) is 15.2 Å². The smallest absolute Gasteiger partial charge is 0.327 e. The lowest BCUT2D eigenvalue weighted by molar-refractivity contribution is -0.195. The molecule has 204 valence electrons. The van der Waals surface area contributed by atoms with Crippen molar-refractivity contribution >= 4 is 30.4 Å². The molecule has 0 bridgehead atoms. The SMILES string of the molecule is C.C.CCCOP(C)(=O)OC.CCCOP(C)(=O)OC.COP(C)(=O)[O-].COP(C)(=O)[O-]. The van der Waals surface area contributed by atoms with Crippen molar-refractivity contribution in [3.8, 4) is 0 Å². The summed E-state index contributed by atoms with van der Waals surface area (Å²) in [5.41, 5.74) is 0. The average Bonchev–Trinajstić information content (AvgIpc) is 2.65. The van der Waals surface area contributed by atoms with Crippen molar-refractivity contribution in [2.45, 2.75) is 41.5 Å². The van der Waals surface area contributed by atoms with Crippen LogP contribution in [0.3, 0.4) is 0 Å². The molecule has 0 aromatic heterocycles. The van der Waals surface area contributed by atoms with Crippen LogP contribution in [0.4, 0.5) is 0 Å². The highest BCUT2D eigenvalue weighted by molar-refractivity contribution is 7.53. The summed E-state index contributed by atoms with van der Waals surface area (Å²) in [4.78, 5) is 19.6. The van der Waals surface area contributed by atoms with E-state index in [1.54, 1.807) is 0 Å². The maximum absolute atomic E-state index is 10.9. The van der Waals surface area contributed by atoms with Gasteiger partial charge in [0.2, 0.25) is 0 Å². The molecule has 0 aliphatic heterocycles. The topological polar surface area (TPSA) is 170 Å². The van der Waals surface area contributed by atoms with Crippen molar-refractivity contribution in [3.63, 3.8) is 0 Å². The van der Waals surface area contributed by atoms with E-state index in [0.29, 0.717) is 13.2 Å². The van der Waals surface area contributed by atoms with Crippen LogP contribution in [0.1, 0.15) is 41.5 Å². The van der Waals surface area contributed by atoms with Crippen molar-refractivity contribution in [2.75, 3.05) is 68.3 Å². The lowest BCUT2D eigenvalue weighted by atomic mass is 10.5. The highest BCUT2D eigenvalue weighted by Gasteiger charge is 2.12. The first-order valence-corrected chi connectivity index (χ1v) is 16.6. The molecule has 0 saturated carbocycles. The zero-order chi connectivity index (χ0) is 25.1. The van der Waals surface area contributed by atoms with Gasteiger partial charge in [-0.25, -0.2) is 0 Å². The van der Waals surface area contributed by atoms with Gasteiger partial charge in [0.15, 0.2) is 0 Å². The highest BCUT2D eigenvalue weighted by Crippen LogP contribution is 2.42. The molecule has 0 amide bonds. The summed E-state index contributed by atoms with van der Waals surface area (Å²) in [5.74, 6) is 0. The van der Waals surface area contributed by atoms with Crippen molar-refractivity contribution < 1.29 is 55.2 Å². The molecule has 32 heavy (non-hydrogen) atoms. The Hall–Kier alpha value is 0.600. The van der Waals surface area contributed by atoms with Gasteiger partial charge in [-0.2, -0.15) is 0 Å². The Balaban J connectivity index is -0.0000000702. The van der Waals surface area contributed by atoms with E-state index >= 15 is 0 Å². The Morgan fingerprint density at radius 1 is 0.562 bits per heavy atom. The van der Waals surface area contributed by atoms with Crippen LogP contribution in [-0.4, -0.2) is 68.3 Å². The Kier molecular flexibility index (Phi) is 35.5. The first-order valence-electron chi connectivity index (χ1n) is 8.60. The number of hydrogen-bond acceptors (Lipinski definition) is 12. The van der Waals surface area contributed by atoms with E-state index in [-0.39, 0.29) is 14.9 Å². The van der Waals surface area contributed by atoms with Gasteiger partial charge in [-0.15, -0.1) is 0 Å². The van der Waals surface area contributed by atoms with Crippen LogP contribution in [0.2, 0.25) is 0 Å². The molecule has 4 atom stereocenters. The summed E-state index contributed by atoms with van der Waals surface area (Å²) >= 11 is 0. The Bertz CT molecular complexity index is 523. The van der Waals surface area contributed by atoms with Crippen LogP contribution in [0.25, 0.3) is 0 Å². The summed E-state index contributed by atoms with van der Waals surface area (Å²) in [5, 5.41) is 0. The maximum atomic E-state index is 10.9. The number of hydrogen-bond donors (Lipinski definition) is 0. The van der Waals surface area contributed by atoms with Crippen LogP contribution in [0.5, 0.6) is 0 Å². The van der Waals surface area contributed by atoms with E-state index in [2.05, 4.69) is 18.1 Å². The fourth-order valence-corrected chi connectivity index (χ4v) is 1.86. The lowest BCUT2D eigenvalue weighted by Gasteiger charge is -2.12. The van der Waals surface area contributed by atoms with E-state index in [1.807, 2.05) is 13.8 Å². The van der Waals surface area contributed by atoms with E-state index < -0.39 is 30.4 Å². The zero-order valence-corrected chi connectivity index (χ0v) is 23.1. The molecular weight excluding hydrogens is 508 g/mol. The van der Waals surface area contributed by atoms with Gasteiger partial charge in [-0.05, 0) is 12.8 Å². The van der Waals surface area contributed by atoms with Crippen LogP contribution >= 0.6 is 30.4 Å². The largest absolute Gasteiger partial charge is 0.779 e. The fraction of sp³-hybridized carbons (Fsp3) is 1.00. The summed E-state index contributed by atoms with van der Waals surface area (Å²) < 4.78 is 68.1.